The zero-order chi connectivity index (χ0) is 17.2. The first-order valence-corrected chi connectivity index (χ1v) is 8.57. The van der Waals surface area contributed by atoms with Crippen molar-refractivity contribution in [3.8, 4) is 17.4 Å². The number of H-pyrrole nitrogens is 1. The van der Waals surface area contributed by atoms with Gasteiger partial charge in [0.2, 0.25) is 11.0 Å². The van der Waals surface area contributed by atoms with Crippen molar-refractivity contribution in [1.82, 2.24) is 10.3 Å². The fourth-order valence-electron chi connectivity index (χ4n) is 2.94. The predicted octanol–water partition coefficient (Wildman–Crippen LogP) is 2.78. The van der Waals surface area contributed by atoms with Gasteiger partial charge < -0.3 is 29.6 Å². The van der Waals surface area contributed by atoms with Gasteiger partial charge in [-0.25, -0.2) is 0 Å². The third-order valence-corrected chi connectivity index (χ3v) is 4.39. The fraction of sp³-hybridized carbons (Fsp3) is 0.438. The maximum Gasteiger partial charge on any atom is 0.218 e. The molecule has 8 nitrogen and oxygen atoms in total. The number of azo groups is 1. The van der Waals surface area contributed by atoms with E-state index in [-0.39, 0.29) is 17.1 Å². The maximum atomic E-state index is 10.1. The van der Waals surface area contributed by atoms with Gasteiger partial charge in [0.05, 0.1) is 11.6 Å². The Morgan fingerprint density at radius 2 is 2.08 bits per heavy atom. The summed E-state index contributed by atoms with van der Waals surface area (Å²) in [5, 5.41) is 22.2. The first kappa shape index (κ1) is 16.1. The Labute approximate surface area is 149 Å². The average molecular weight is 362 g/mol. The van der Waals surface area contributed by atoms with Crippen LogP contribution in [0.3, 0.4) is 0 Å². The number of rotatable bonds is 3. The number of benzene rings is 1. The van der Waals surface area contributed by atoms with Crippen LogP contribution in [0.15, 0.2) is 22.4 Å². The van der Waals surface area contributed by atoms with Crippen molar-refractivity contribution in [3.63, 3.8) is 0 Å². The molecule has 1 fully saturated rings. The minimum atomic E-state index is -0.0805. The molecule has 0 saturated carbocycles. The molecule has 0 amide bonds. The van der Waals surface area contributed by atoms with Crippen LogP contribution >= 0.6 is 12.2 Å². The highest BCUT2D eigenvalue weighted by Gasteiger charge is 2.18. The van der Waals surface area contributed by atoms with Crippen LogP contribution in [-0.4, -0.2) is 47.7 Å². The number of fused-ring (bicyclic) bond motifs is 2. The molecule has 1 aromatic carbocycles. The van der Waals surface area contributed by atoms with Gasteiger partial charge in [0.25, 0.3) is 0 Å². The van der Waals surface area contributed by atoms with E-state index in [1.165, 1.54) is 0 Å². The molecule has 0 radical (unpaired) electrons. The van der Waals surface area contributed by atoms with Crippen molar-refractivity contribution in [1.29, 1.82) is 0 Å². The lowest BCUT2D eigenvalue weighted by atomic mass is 10.2. The molecule has 0 unspecified atom stereocenters. The van der Waals surface area contributed by atoms with E-state index in [1.807, 2.05) is 0 Å². The van der Waals surface area contributed by atoms with Crippen LogP contribution in [0.1, 0.15) is 12.8 Å². The Balaban J connectivity index is 1.51. The Morgan fingerprint density at radius 3 is 2.84 bits per heavy atom. The van der Waals surface area contributed by atoms with Crippen LogP contribution < -0.4 is 14.8 Å². The lowest BCUT2D eigenvalue weighted by molar-refractivity contribution is 0.114. The Bertz CT molecular complexity index is 829. The summed E-state index contributed by atoms with van der Waals surface area (Å²) in [6, 6.07) is 3.55. The number of nitrogens with zero attached hydrogens (tertiary/aromatic N) is 2. The molecule has 1 aromatic heterocycles. The number of aromatic hydroxyl groups is 1. The van der Waals surface area contributed by atoms with Crippen LogP contribution in [0, 0.1) is 0 Å². The van der Waals surface area contributed by atoms with Gasteiger partial charge in [-0.05, 0) is 31.1 Å². The Kier molecular flexibility index (Phi) is 4.41. The van der Waals surface area contributed by atoms with E-state index in [0.29, 0.717) is 47.8 Å². The van der Waals surface area contributed by atoms with Crippen molar-refractivity contribution in [2.45, 2.75) is 18.9 Å². The number of aromatic amines is 1. The summed E-state index contributed by atoms with van der Waals surface area (Å²) in [6.07, 6.45) is 2.25. The number of nitrogens with one attached hydrogen (secondary N) is 2. The predicted molar refractivity (Wildman–Crippen MR) is 95.0 cm³/mol. The van der Waals surface area contributed by atoms with Crippen LogP contribution in [-0.2, 0) is 4.74 Å². The van der Waals surface area contributed by atoms with E-state index >= 15 is 0 Å². The second kappa shape index (κ2) is 6.85. The minimum Gasteiger partial charge on any atom is -0.493 e. The van der Waals surface area contributed by atoms with Gasteiger partial charge in [-0.15, -0.1) is 10.2 Å². The molecule has 25 heavy (non-hydrogen) atoms. The van der Waals surface area contributed by atoms with Crippen LogP contribution in [0.5, 0.6) is 17.4 Å². The van der Waals surface area contributed by atoms with Crippen LogP contribution in [0.25, 0.3) is 10.9 Å². The molecule has 1 atom stereocenters. The molecule has 2 aliphatic rings. The highest BCUT2D eigenvalue weighted by Crippen LogP contribution is 2.42. The standard InChI is InChI=1S/C16H18N4O4S/c21-15-14(19-20-16(25)17-8-9-2-1-3-22-9)10-6-12-13(7-11(10)18-15)24-5-4-23-12/h6-7,9,18,21H,1-5,8H2,(H,17,25)/t9-/m1/s1. The van der Waals surface area contributed by atoms with Crippen molar-refractivity contribution in [2.24, 2.45) is 10.2 Å². The first-order valence-electron chi connectivity index (χ1n) is 8.16. The maximum absolute atomic E-state index is 10.1. The van der Waals surface area contributed by atoms with Crippen molar-refractivity contribution >= 4 is 33.9 Å². The van der Waals surface area contributed by atoms with Gasteiger partial charge in [-0.1, -0.05) is 0 Å². The smallest absolute Gasteiger partial charge is 0.218 e. The summed E-state index contributed by atoms with van der Waals surface area (Å²) in [5.41, 5.74) is 1.00. The number of aromatic nitrogens is 1. The molecule has 3 N–H and O–H groups in total. The molecule has 2 aliphatic heterocycles. The van der Waals surface area contributed by atoms with E-state index in [4.69, 9.17) is 26.4 Å². The van der Waals surface area contributed by atoms with Gasteiger partial charge in [-0.3, -0.25) is 0 Å². The number of hydrogen-bond donors (Lipinski definition) is 3. The van der Waals surface area contributed by atoms with E-state index in [2.05, 4.69) is 20.5 Å². The summed E-state index contributed by atoms with van der Waals surface area (Å²) in [5.74, 6) is 1.17. The largest absolute Gasteiger partial charge is 0.493 e. The lowest BCUT2D eigenvalue weighted by Crippen LogP contribution is -2.29. The van der Waals surface area contributed by atoms with E-state index in [9.17, 15) is 5.11 Å². The minimum absolute atomic E-state index is 0.0805. The molecule has 132 valence electrons. The second-order valence-electron chi connectivity index (χ2n) is 5.88. The van der Waals surface area contributed by atoms with Crippen LogP contribution in [0.2, 0.25) is 0 Å². The SMILES string of the molecule is Oc1[nH]c2cc3c(cc2c1N=NC(=S)NC[C@H]1CCCO1)OCCO3. The third-order valence-electron chi connectivity index (χ3n) is 4.16. The Hall–Kier alpha value is -2.39. The summed E-state index contributed by atoms with van der Waals surface area (Å²) in [6.45, 7) is 2.39. The normalized spacial score (nSPS) is 19.6. The summed E-state index contributed by atoms with van der Waals surface area (Å²) in [7, 11) is 0. The molecular weight excluding hydrogens is 344 g/mol. The number of thiocarbonyl (C=S) groups is 1. The van der Waals surface area contributed by atoms with Crippen molar-refractivity contribution in [2.75, 3.05) is 26.4 Å². The summed E-state index contributed by atoms with van der Waals surface area (Å²) >= 11 is 5.16. The molecule has 0 aliphatic carbocycles. The number of hydrogen-bond acceptors (Lipinski definition) is 6. The van der Waals surface area contributed by atoms with E-state index in [0.717, 1.165) is 19.4 Å². The molecule has 0 bridgehead atoms. The van der Waals surface area contributed by atoms with Gasteiger partial charge in [0.1, 0.15) is 13.2 Å². The molecular formula is C16H18N4O4S. The first-order chi connectivity index (χ1) is 12.2. The highest BCUT2D eigenvalue weighted by atomic mass is 32.1. The van der Waals surface area contributed by atoms with Gasteiger partial charge in [0, 0.05) is 24.6 Å². The molecule has 4 rings (SSSR count). The zero-order valence-electron chi connectivity index (χ0n) is 13.4. The van der Waals surface area contributed by atoms with Crippen LogP contribution in [0.4, 0.5) is 5.69 Å². The monoisotopic (exact) mass is 362 g/mol. The quantitative estimate of drug-likeness (QED) is 0.573. The number of ether oxygens (including phenoxy) is 3. The van der Waals surface area contributed by atoms with Gasteiger partial charge in [-0.2, -0.15) is 0 Å². The topological polar surface area (TPSA) is 100 Å². The zero-order valence-corrected chi connectivity index (χ0v) is 14.3. The average Bonchev–Trinajstić information content (AvgIpc) is 3.23. The molecule has 3 heterocycles. The highest BCUT2D eigenvalue weighted by molar-refractivity contribution is 7.80. The van der Waals surface area contributed by atoms with Crippen molar-refractivity contribution < 1.29 is 19.3 Å². The molecule has 2 aromatic rings. The molecule has 9 heteroatoms. The van der Waals surface area contributed by atoms with Gasteiger partial charge >= 0.3 is 0 Å². The van der Waals surface area contributed by atoms with E-state index in [1.54, 1.807) is 12.1 Å². The lowest BCUT2D eigenvalue weighted by Gasteiger charge is -2.18. The Morgan fingerprint density at radius 1 is 1.28 bits per heavy atom. The van der Waals surface area contributed by atoms with E-state index < -0.39 is 0 Å². The third kappa shape index (κ3) is 3.38. The molecule has 0 spiro atoms. The second-order valence-corrected chi connectivity index (χ2v) is 6.27. The van der Waals surface area contributed by atoms with Gasteiger partial charge in [0.15, 0.2) is 17.2 Å². The summed E-state index contributed by atoms with van der Waals surface area (Å²) in [4.78, 5) is 2.86. The molecule has 1 saturated heterocycles. The summed E-state index contributed by atoms with van der Waals surface area (Å²) < 4.78 is 16.6. The fourth-order valence-corrected chi connectivity index (χ4v) is 3.07. The van der Waals surface area contributed by atoms with Crippen molar-refractivity contribution in [3.05, 3.63) is 12.1 Å².